The molecule has 0 spiro atoms. The largest absolute Gasteiger partial charge is 0.368 e. The molecule has 0 saturated heterocycles. The summed E-state index contributed by atoms with van der Waals surface area (Å²) in [6.45, 7) is 0.497. The average molecular weight is 285 g/mol. The van der Waals surface area contributed by atoms with Crippen molar-refractivity contribution in [2.24, 2.45) is 11.5 Å². The lowest BCUT2D eigenvalue weighted by Crippen LogP contribution is -2.44. The summed E-state index contributed by atoms with van der Waals surface area (Å²) in [6, 6.07) is 6.95. The molecule has 0 aliphatic rings. The normalized spacial score (nSPS) is 13.1. The summed E-state index contributed by atoms with van der Waals surface area (Å²) >= 11 is 0. The standard InChI is InChI=1S/C12H19N3O3S/c13-9-5-4-8-11(12(14)16)15-19(17,18)10-6-2-1-3-7-10/h1-3,6-7,11,15H,4-5,8-9,13H2,(H2,14,16)/t11-/m0/s1. The first-order valence-electron chi connectivity index (χ1n) is 6.04. The van der Waals surface area contributed by atoms with Gasteiger partial charge < -0.3 is 11.5 Å². The number of unbranched alkanes of at least 4 members (excludes halogenated alkanes) is 1. The van der Waals surface area contributed by atoms with Crippen LogP contribution in [0.5, 0.6) is 0 Å². The molecule has 0 saturated carbocycles. The van der Waals surface area contributed by atoms with E-state index < -0.39 is 22.0 Å². The van der Waals surface area contributed by atoms with Crippen LogP contribution in [0.15, 0.2) is 35.2 Å². The molecular weight excluding hydrogens is 266 g/mol. The number of primary amides is 1. The average Bonchev–Trinajstić information content (AvgIpc) is 2.38. The van der Waals surface area contributed by atoms with Gasteiger partial charge >= 0.3 is 0 Å². The van der Waals surface area contributed by atoms with Crippen LogP contribution >= 0.6 is 0 Å². The van der Waals surface area contributed by atoms with Gasteiger partial charge in [0.25, 0.3) is 0 Å². The molecule has 6 nitrogen and oxygen atoms in total. The fourth-order valence-electron chi connectivity index (χ4n) is 1.61. The van der Waals surface area contributed by atoms with E-state index in [4.69, 9.17) is 11.5 Å². The van der Waals surface area contributed by atoms with Gasteiger partial charge in [0.1, 0.15) is 6.04 Å². The van der Waals surface area contributed by atoms with E-state index in [-0.39, 0.29) is 4.90 Å². The Morgan fingerprint density at radius 3 is 2.37 bits per heavy atom. The molecule has 19 heavy (non-hydrogen) atoms. The predicted octanol–water partition coefficient (Wildman–Crippen LogP) is -0.0522. The molecule has 1 rings (SSSR count). The molecule has 0 aromatic heterocycles. The molecule has 0 heterocycles. The number of hydrogen-bond donors (Lipinski definition) is 3. The second kappa shape index (κ2) is 7.22. The van der Waals surface area contributed by atoms with Gasteiger partial charge in [0, 0.05) is 0 Å². The van der Waals surface area contributed by atoms with Crippen molar-refractivity contribution in [2.45, 2.75) is 30.2 Å². The highest BCUT2D eigenvalue weighted by Gasteiger charge is 2.23. The van der Waals surface area contributed by atoms with Crippen LogP contribution in [0.4, 0.5) is 0 Å². The topological polar surface area (TPSA) is 115 Å². The number of carbonyl (C=O) groups is 1. The summed E-state index contributed by atoms with van der Waals surface area (Å²) in [6.07, 6.45) is 1.71. The molecule has 0 aliphatic heterocycles. The number of nitrogens with one attached hydrogen (secondary N) is 1. The summed E-state index contributed by atoms with van der Waals surface area (Å²) in [7, 11) is -3.72. The van der Waals surface area contributed by atoms with Crippen LogP contribution in [-0.4, -0.2) is 26.9 Å². The van der Waals surface area contributed by atoms with Crippen molar-refractivity contribution in [2.75, 3.05) is 6.54 Å². The van der Waals surface area contributed by atoms with Gasteiger partial charge in [-0.3, -0.25) is 4.79 Å². The number of amides is 1. The zero-order chi connectivity index (χ0) is 14.3. The predicted molar refractivity (Wildman–Crippen MR) is 72.7 cm³/mol. The summed E-state index contributed by atoms with van der Waals surface area (Å²) in [4.78, 5) is 11.4. The minimum Gasteiger partial charge on any atom is -0.368 e. The Kier molecular flexibility index (Phi) is 5.94. The molecule has 1 aromatic carbocycles. The van der Waals surface area contributed by atoms with Crippen LogP contribution in [0.3, 0.4) is 0 Å². The molecular formula is C12H19N3O3S. The third-order valence-electron chi connectivity index (χ3n) is 2.64. The van der Waals surface area contributed by atoms with Gasteiger partial charge in [-0.05, 0) is 31.5 Å². The summed E-state index contributed by atoms with van der Waals surface area (Å²) in [5.74, 6) is -0.684. The third kappa shape index (κ3) is 4.98. The smallest absolute Gasteiger partial charge is 0.241 e. The molecule has 5 N–H and O–H groups in total. The van der Waals surface area contributed by atoms with Crippen LogP contribution in [0.2, 0.25) is 0 Å². The Balaban J connectivity index is 2.76. The van der Waals surface area contributed by atoms with E-state index in [2.05, 4.69) is 4.72 Å². The van der Waals surface area contributed by atoms with Gasteiger partial charge in [0.2, 0.25) is 15.9 Å². The Hall–Kier alpha value is -1.44. The van der Waals surface area contributed by atoms with E-state index in [0.717, 1.165) is 6.42 Å². The van der Waals surface area contributed by atoms with E-state index >= 15 is 0 Å². The number of nitrogens with two attached hydrogens (primary N) is 2. The van der Waals surface area contributed by atoms with Crippen molar-refractivity contribution >= 4 is 15.9 Å². The SMILES string of the molecule is NCCCC[C@H](NS(=O)(=O)c1ccccc1)C(N)=O. The van der Waals surface area contributed by atoms with Gasteiger partial charge in [-0.25, -0.2) is 8.42 Å². The first-order valence-corrected chi connectivity index (χ1v) is 7.52. The maximum Gasteiger partial charge on any atom is 0.241 e. The zero-order valence-electron chi connectivity index (χ0n) is 10.6. The molecule has 0 radical (unpaired) electrons. The number of carbonyl (C=O) groups excluding carboxylic acids is 1. The van der Waals surface area contributed by atoms with Crippen LogP contribution in [0.1, 0.15) is 19.3 Å². The summed E-state index contributed by atoms with van der Waals surface area (Å²) in [5.41, 5.74) is 10.6. The van der Waals surface area contributed by atoms with Crippen LogP contribution in [0, 0.1) is 0 Å². The molecule has 1 amide bonds. The van der Waals surface area contributed by atoms with Crippen molar-refractivity contribution in [1.82, 2.24) is 4.72 Å². The van der Waals surface area contributed by atoms with Crippen molar-refractivity contribution in [3.8, 4) is 0 Å². The molecule has 0 fully saturated rings. The maximum atomic E-state index is 12.0. The summed E-state index contributed by atoms with van der Waals surface area (Å²) in [5, 5.41) is 0. The second-order valence-corrected chi connectivity index (χ2v) is 5.89. The van der Waals surface area contributed by atoms with E-state index in [0.29, 0.717) is 19.4 Å². The van der Waals surface area contributed by atoms with E-state index in [1.165, 1.54) is 12.1 Å². The van der Waals surface area contributed by atoms with Crippen LogP contribution in [0.25, 0.3) is 0 Å². The van der Waals surface area contributed by atoms with E-state index in [9.17, 15) is 13.2 Å². The lowest BCUT2D eigenvalue weighted by molar-refractivity contribution is -0.119. The minimum atomic E-state index is -3.72. The van der Waals surface area contributed by atoms with E-state index in [1.807, 2.05) is 0 Å². The lowest BCUT2D eigenvalue weighted by atomic mass is 10.1. The third-order valence-corrected chi connectivity index (χ3v) is 4.13. The number of rotatable bonds is 8. The van der Waals surface area contributed by atoms with Crippen molar-refractivity contribution in [1.29, 1.82) is 0 Å². The maximum absolute atomic E-state index is 12.0. The Bertz CT molecular complexity index is 502. The highest BCUT2D eigenvalue weighted by Crippen LogP contribution is 2.10. The highest BCUT2D eigenvalue weighted by molar-refractivity contribution is 7.89. The van der Waals surface area contributed by atoms with Crippen molar-refractivity contribution in [3.05, 3.63) is 30.3 Å². The number of sulfonamides is 1. The molecule has 106 valence electrons. The van der Waals surface area contributed by atoms with Gasteiger partial charge in [0.05, 0.1) is 4.90 Å². The number of hydrogen-bond acceptors (Lipinski definition) is 4. The first-order chi connectivity index (χ1) is 8.97. The van der Waals surface area contributed by atoms with Gasteiger partial charge in [-0.1, -0.05) is 24.6 Å². The second-order valence-electron chi connectivity index (χ2n) is 4.17. The first kappa shape index (κ1) is 15.6. The fraction of sp³-hybridized carbons (Fsp3) is 0.417. The monoisotopic (exact) mass is 285 g/mol. The molecule has 0 unspecified atom stereocenters. The van der Waals surface area contributed by atoms with E-state index in [1.54, 1.807) is 18.2 Å². The summed E-state index contributed by atoms with van der Waals surface area (Å²) < 4.78 is 26.4. The van der Waals surface area contributed by atoms with Crippen LogP contribution < -0.4 is 16.2 Å². The Morgan fingerprint density at radius 2 is 1.84 bits per heavy atom. The Labute approximate surface area is 113 Å². The van der Waals surface area contributed by atoms with Crippen molar-refractivity contribution < 1.29 is 13.2 Å². The van der Waals surface area contributed by atoms with Gasteiger partial charge in [-0.2, -0.15) is 4.72 Å². The Morgan fingerprint density at radius 1 is 1.21 bits per heavy atom. The highest BCUT2D eigenvalue weighted by atomic mass is 32.2. The van der Waals surface area contributed by atoms with Gasteiger partial charge in [-0.15, -0.1) is 0 Å². The molecule has 1 atom stereocenters. The zero-order valence-corrected chi connectivity index (χ0v) is 11.4. The molecule has 0 bridgehead atoms. The van der Waals surface area contributed by atoms with Gasteiger partial charge in [0.15, 0.2) is 0 Å². The molecule has 7 heteroatoms. The number of benzene rings is 1. The lowest BCUT2D eigenvalue weighted by Gasteiger charge is -2.15. The van der Waals surface area contributed by atoms with Crippen LogP contribution in [-0.2, 0) is 14.8 Å². The van der Waals surface area contributed by atoms with Crippen molar-refractivity contribution in [3.63, 3.8) is 0 Å². The molecule has 1 aromatic rings. The minimum absolute atomic E-state index is 0.111. The molecule has 0 aliphatic carbocycles. The quantitative estimate of drug-likeness (QED) is 0.581. The fourth-order valence-corrected chi connectivity index (χ4v) is 2.87.